The first-order valence-corrected chi connectivity index (χ1v) is 6.18. The normalized spacial score (nSPS) is 10.4. The molecule has 5 nitrogen and oxygen atoms in total. The second-order valence-corrected chi connectivity index (χ2v) is 4.43. The average Bonchev–Trinajstić information content (AvgIpc) is 2.36. The maximum Gasteiger partial charge on any atom is 0.260 e. The molecule has 0 atom stereocenters. The van der Waals surface area contributed by atoms with Crippen LogP contribution in [0.25, 0.3) is 0 Å². The summed E-state index contributed by atoms with van der Waals surface area (Å²) in [6.07, 6.45) is 0. The number of hydrazine groups is 1. The number of methoxy groups -OCH3 is 1. The molecule has 19 heavy (non-hydrogen) atoms. The largest absolute Gasteiger partial charge is 0.496 e. The highest BCUT2D eigenvalue weighted by Crippen LogP contribution is 2.28. The van der Waals surface area contributed by atoms with Crippen LogP contribution in [0, 0.1) is 20.8 Å². The first-order valence-electron chi connectivity index (χ1n) is 6.18. The van der Waals surface area contributed by atoms with E-state index in [0.717, 1.165) is 28.0 Å². The number of rotatable bonds is 6. The van der Waals surface area contributed by atoms with E-state index in [2.05, 4.69) is 10.9 Å². The van der Waals surface area contributed by atoms with Crippen LogP contribution in [-0.2, 0) is 16.1 Å². The topological polar surface area (TPSA) is 59.6 Å². The maximum atomic E-state index is 11.2. The van der Waals surface area contributed by atoms with Crippen LogP contribution in [0.5, 0.6) is 5.75 Å². The summed E-state index contributed by atoms with van der Waals surface area (Å²) < 4.78 is 10.8. The van der Waals surface area contributed by atoms with E-state index >= 15 is 0 Å². The summed E-state index contributed by atoms with van der Waals surface area (Å²) in [5.41, 5.74) is 9.42. The third kappa shape index (κ3) is 3.94. The SMILES string of the molecule is CNNC(=O)COCc1cc(C)c(OC)c(C)c1C. The van der Waals surface area contributed by atoms with Gasteiger partial charge in [-0.15, -0.1) is 0 Å². The number of ether oxygens (including phenoxy) is 2. The number of benzene rings is 1. The smallest absolute Gasteiger partial charge is 0.260 e. The molecule has 0 aliphatic heterocycles. The van der Waals surface area contributed by atoms with Crippen molar-refractivity contribution >= 4 is 5.91 Å². The third-order valence-electron chi connectivity index (χ3n) is 3.09. The summed E-state index contributed by atoms with van der Waals surface area (Å²) >= 11 is 0. The van der Waals surface area contributed by atoms with Crippen molar-refractivity contribution in [2.75, 3.05) is 20.8 Å². The van der Waals surface area contributed by atoms with Crippen molar-refractivity contribution in [3.63, 3.8) is 0 Å². The number of nitrogens with one attached hydrogen (secondary N) is 2. The van der Waals surface area contributed by atoms with Crippen LogP contribution in [0.1, 0.15) is 22.3 Å². The van der Waals surface area contributed by atoms with Crippen molar-refractivity contribution in [2.45, 2.75) is 27.4 Å². The highest BCUT2D eigenvalue weighted by atomic mass is 16.5. The Kier molecular flexibility index (Phi) is 5.79. The molecule has 1 aromatic rings. The monoisotopic (exact) mass is 266 g/mol. The van der Waals surface area contributed by atoms with E-state index in [-0.39, 0.29) is 12.5 Å². The molecule has 0 unspecified atom stereocenters. The van der Waals surface area contributed by atoms with Crippen LogP contribution in [0.15, 0.2) is 6.07 Å². The van der Waals surface area contributed by atoms with Gasteiger partial charge in [-0.1, -0.05) is 0 Å². The Morgan fingerprint density at radius 1 is 1.26 bits per heavy atom. The lowest BCUT2D eigenvalue weighted by Crippen LogP contribution is -2.36. The van der Waals surface area contributed by atoms with E-state index in [4.69, 9.17) is 9.47 Å². The molecule has 0 saturated carbocycles. The quantitative estimate of drug-likeness (QED) is 0.764. The molecule has 0 saturated heterocycles. The number of hydrogen-bond acceptors (Lipinski definition) is 4. The van der Waals surface area contributed by atoms with Crippen molar-refractivity contribution in [3.05, 3.63) is 28.3 Å². The molecular weight excluding hydrogens is 244 g/mol. The van der Waals surface area contributed by atoms with Crippen LogP contribution in [-0.4, -0.2) is 26.7 Å². The maximum absolute atomic E-state index is 11.2. The summed E-state index contributed by atoms with van der Waals surface area (Å²) in [5, 5.41) is 0. The average molecular weight is 266 g/mol. The van der Waals surface area contributed by atoms with E-state index in [1.807, 2.05) is 26.8 Å². The van der Waals surface area contributed by atoms with Crippen LogP contribution in [0.2, 0.25) is 0 Å². The molecular formula is C14H22N2O3. The minimum Gasteiger partial charge on any atom is -0.496 e. The Balaban J connectivity index is 2.72. The standard InChI is InChI=1S/C14H22N2O3/c1-9-6-12(7-19-8-13(17)16-15-4)10(2)11(3)14(9)18-5/h6,15H,7-8H2,1-5H3,(H,16,17). The molecule has 0 heterocycles. The Bertz CT molecular complexity index is 458. The van der Waals surface area contributed by atoms with Crippen molar-refractivity contribution in [3.8, 4) is 5.75 Å². The van der Waals surface area contributed by atoms with Gasteiger partial charge in [0, 0.05) is 7.05 Å². The highest BCUT2D eigenvalue weighted by molar-refractivity contribution is 5.76. The van der Waals surface area contributed by atoms with E-state index in [1.165, 1.54) is 0 Å². The summed E-state index contributed by atoms with van der Waals surface area (Å²) in [5.74, 6) is 0.719. The number of carbonyl (C=O) groups excluding carboxylic acids is 1. The molecule has 0 bridgehead atoms. The minimum absolute atomic E-state index is 0.0321. The fourth-order valence-corrected chi connectivity index (χ4v) is 2.04. The molecule has 2 N–H and O–H groups in total. The molecule has 5 heteroatoms. The van der Waals surface area contributed by atoms with Crippen LogP contribution in [0.4, 0.5) is 0 Å². The molecule has 0 fully saturated rings. The summed E-state index contributed by atoms with van der Waals surface area (Å²) in [6.45, 7) is 6.50. The first-order chi connectivity index (χ1) is 9.01. The zero-order chi connectivity index (χ0) is 14.4. The predicted molar refractivity (Wildman–Crippen MR) is 74.1 cm³/mol. The molecule has 0 aliphatic rings. The molecule has 0 aromatic heterocycles. The zero-order valence-electron chi connectivity index (χ0n) is 12.2. The van der Waals surface area contributed by atoms with Crippen LogP contribution < -0.4 is 15.6 Å². The van der Waals surface area contributed by atoms with Crippen LogP contribution >= 0.6 is 0 Å². The highest BCUT2D eigenvalue weighted by Gasteiger charge is 2.11. The van der Waals surface area contributed by atoms with Crippen molar-refractivity contribution in [1.82, 2.24) is 10.9 Å². The van der Waals surface area contributed by atoms with Gasteiger partial charge in [-0.3, -0.25) is 10.2 Å². The Morgan fingerprint density at radius 3 is 2.53 bits per heavy atom. The van der Waals surface area contributed by atoms with Crippen molar-refractivity contribution in [1.29, 1.82) is 0 Å². The van der Waals surface area contributed by atoms with E-state index in [1.54, 1.807) is 14.2 Å². The fraction of sp³-hybridized carbons (Fsp3) is 0.500. The molecule has 1 rings (SSSR count). The molecule has 106 valence electrons. The zero-order valence-corrected chi connectivity index (χ0v) is 12.2. The van der Waals surface area contributed by atoms with Gasteiger partial charge in [-0.25, -0.2) is 5.43 Å². The van der Waals surface area contributed by atoms with Crippen molar-refractivity contribution in [2.24, 2.45) is 0 Å². The van der Waals surface area contributed by atoms with Gasteiger partial charge in [-0.2, -0.15) is 0 Å². The lowest BCUT2D eigenvalue weighted by atomic mass is 9.99. The van der Waals surface area contributed by atoms with Crippen molar-refractivity contribution < 1.29 is 14.3 Å². The number of carbonyl (C=O) groups is 1. The molecule has 0 aliphatic carbocycles. The Morgan fingerprint density at radius 2 is 1.95 bits per heavy atom. The second kappa shape index (κ2) is 7.11. The summed E-state index contributed by atoms with van der Waals surface area (Å²) in [4.78, 5) is 11.2. The molecule has 0 spiro atoms. The first kappa shape index (κ1) is 15.5. The Hall–Kier alpha value is -1.59. The fourth-order valence-electron chi connectivity index (χ4n) is 2.04. The van der Waals surface area contributed by atoms with E-state index in [9.17, 15) is 4.79 Å². The van der Waals surface area contributed by atoms with Gasteiger partial charge in [-0.05, 0) is 49.1 Å². The van der Waals surface area contributed by atoms with Gasteiger partial charge in [0.15, 0.2) is 0 Å². The lowest BCUT2D eigenvalue weighted by molar-refractivity contribution is -0.126. The van der Waals surface area contributed by atoms with Gasteiger partial charge >= 0.3 is 0 Å². The number of hydrogen-bond donors (Lipinski definition) is 2. The van der Waals surface area contributed by atoms with Gasteiger partial charge in [0.25, 0.3) is 5.91 Å². The number of amides is 1. The van der Waals surface area contributed by atoms with Gasteiger partial charge < -0.3 is 9.47 Å². The van der Waals surface area contributed by atoms with Gasteiger partial charge in [0.1, 0.15) is 12.4 Å². The predicted octanol–water partition coefficient (Wildman–Crippen LogP) is 1.39. The minimum atomic E-state index is -0.192. The lowest BCUT2D eigenvalue weighted by Gasteiger charge is -2.15. The summed E-state index contributed by atoms with van der Waals surface area (Å²) in [6, 6.07) is 2.04. The van der Waals surface area contributed by atoms with Crippen LogP contribution in [0.3, 0.4) is 0 Å². The van der Waals surface area contributed by atoms with E-state index < -0.39 is 0 Å². The summed E-state index contributed by atoms with van der Waals surface area (Å²) in [7, 11) is 3.31. The second-order valence-electron chi connectivity index (χ2n) is 4.43. The van der Waals surface area contributed by atoms with Gasteiger partial charge in [0.05, 0.1) is 13.7 Å². The Labute approximate surface area is 114 Å². The van der Waals surface area contributed by atoms with Gasteiger partial charge in [0.2, 0.25) is 0 Å². The van der Waals surface area contributed by atoms with E-state index in [0.29, 0.717) is 6.61 Å². The molecule has 1 amide bonds. The number of aryl methyl sites for hydroxylation is 1. The molecule has 1 aromatic carbocycles. The third-order valence-corrected chi connectivity index (χ3v) is 3.09. The molecule has 0 radical (unpaired) electrons.